The van der Waals surface area contributed by atoms with Crippen molar-refractivity contribution in [2.45, 2.75) is 0 Å². The van der Waals surface area contributed by atoms with Gasteiger partial charge in [-0.05, 0) is 18.2 Å². The van der Waals surface area contributed by atoms with Crippen LogP contribution in [0.5, 0.6) is 0 Å². The molecule has 0 spiro atoms. The second-order valence-electron chi connectivity index (χ2n) is 4.16. The number of nitrogens with one attached hydrogen (secondary N) is 1. The third kappa shape index (κ3) is 4.49. The summed E-state index contributed by atoms with van der Waals surface area (Å²) >= 11 is 0. The van der Waals surface area contributed by atoms with E-state index < -0.39 is 23.9 Å². The van der Waals surface area contributed by atoms with Gasteiger partial charge in [0.05, 0.1) is 11.1 Å². The van der Waals surface area contributed by atoms with Gasteiger partial charge in [-0.2, -0.15) is 0 Å². The zero-order valence-corrected chi connectivity index (χ0v) is 11.0. The predicted molar refractivity (Wildman–Crippen MR) is 71.2 cm³/mol. The Bertz CT molecular complexity index is 581. The van der Waals surface area contributed by atoms with Gasteiger partial charge < -0.3 is 26.2 Å². The summed E-state index contributed by atoms with van der Waals surface area (Å²) in [5, 5.41) is 20.1. The van der Waals surface area contributed by atoms with Crippen LogP contribution in [0.25, 0.3) is 0 Å². The number of carboxylic acid groups (broad SMARTS) is 2. The highest BCUT2D eigenvalue weighted by molar-refractivity contribution is 5.98. The number of primary amides is 1. The van der Waals surface area contributed by atoms with Crippen LogP contribution < -0.4 is 11.1 Å². The highest BCUT2D eigenvalue weighted by atomic mass is 16.4. The molecule has 1 aromatic carbocycles. The van der Waals surface area contributed by atoms with Crippen molar-refractivity contribution < 1.29 is 29.4 Å². The molecule has 3 amide bonds. The van der Waals surface area contributed by atoms with E-state index in [9.17, 15) is 19.2 Å². The fourth-order valence-corrected chi connectivity index (χ4v) is 1.47. The average Bonchev–Trinajstić information content (AvgIpc) is 2.37. The maximum absolute atomic E-state index is 11.7. The molecule has 0 bridgehead atoms. The molecule has 9 nitrogen and oxygen atoms in total. The fourth-order valence-electron chi connectivity index (χ4n) is 1.47. The molecule has 0 aliphatic rings. The monoisotopic (exact) mass is 295 g/mol. The lowest BCUT2D eigenvalue weighted by Crippen LogP contribution is -2.38. The maximum Gasteiger partial charge on any atom is 0.335 e. The second-order valence-corrected chi connectivity index (χ2v) is 4.16. The quantitative estimate of drug-likeness (QED) is 0.602. The van der Waals surface area contributed by atoms with Crippen LogP contribution in [0.2, 0.25) is 0 Å². The van der Waals surface area contributed by atoms with E-state index in [1.165, 1.54) is 7.05 Å². The van der Waals surface area contributed by atoms with Crippen LogP contribution in [0.4, 0.5) is 10.5 Å². The zero-order valence-electron chi connectivity index (χ0n) is 11.0. The number of amides is 3. The minimum absolute atomic E-state index is 0.0198. The second kappa shape index (κ2) is 6.37. The molecule has 0 heterocycles. The molecular weight excluding hydrogens is 282 g/mol. The molecule has 0 aliphatic carbocycles. The fraction of sp³-hybridized carbons (Fsp3) is 0.167. The Balaban J connectivity index is 3.02. The Labute approximate surface area is 119 Å². The van der Waals surface area contributed by atoms with Crippen molar-refractivity contribution in [3.8, 4) is 0 Å². The van der Waals surface area contributed by atoms with E-state index in [-0.39, 0.29) is 23.4 Å². The van der Waals surface area contributed by atoms with Crippen molar-refractivity contribution in [1.29, 1.82) is 0 Å². The minimum Gasteiger partial charge on any atom is -0.478 e. The molecule has 0 radical (unpaired) electrons. The Hall–Kier alpha value is -3.10. The maximum atomic E-state index is 11.7. The number of anilines is 1. The molecule has 112 valence electrons. The van der Waals surface area contributed by atoms with Gasteiger partial charge in [-0.15, -0.1) is 0 Å². The number of aromatic carboxylic acids is 2. The first-order valence-corrected chi connectivity index (χ1v) is 5.63. The SMILES string of the molecule is CN(CC(N)=O)C(=O)Nc1cc(C(=O)O)cc(C(=O)O)c1. The largest absolute Gasteiger partial charge is 0.478 e. The summed E-state index contributed by atoms with van der Waals surface area (Å²) in [7, 11) is 1.30. The van der Waals surface area contributed by atoms with Gasteiger partial charge in [-0.3, -0.25) is 4.79 Å². The number of carboxylic acids is 2. The lowest BCUT2D eigenvalue weighted by atomic mass is 10.1. The first-order chi connectivity index (χ1) is 9.70. The Morgan fingerprint density at radius 2 is 1.57 bits per heavy atom. The number of hydrogen-bond acceptors (Lipinski definition) is 4. The summed E-state index contributed by atoms with van der Waals surface area (Å²) in [6.07, 6.45) is 0. The number of benzene rings is 1. The molecule has 9 heteroatoms. The third-order valence-corrected chi connectivity index (χ3v) is 2.42. The first-order valence-electron chi connectivity index (χ1n) is 5.63. The third-order valence-electron chi connectivity index (χ3n) is 2.42. The van der Waals surface area contributed by atoms with Gasteiger partial charge in [0.15, 0.2) is 0 Å². The molecule has 0 unspecified atom stereocenters. The zero-order chi connectivity index (χ0) is 16.2. The summed E-state index contributed by atoms with van der Waals surface area (Å²) < 4.78 is 0. The Kier molecular flexibility index (Phi) is 4.84. The van der Waals surface area contributed by atoms with E-state index in [1.807, 2.05) is 0 Å². The summed E-state index contributed by atoms with van der Waals surface area (Å²) in [5.41, 5.74) is 4.34. The lowest BCUT2D eigenvalue weighted by Gasteiger charge is -2.16. The molecular formula is C12H13N3O6. The first kappa shape index (κ1) is 16.0. The standard InChI is InChI=1S/C12H13N3O6/c1-15(5-9(13)16)12(21)14-8-3-6(10(17)18)2-7(4-8)11(19)20/h2-4H,5H2,1H3,(H2,13,16)(H,14,21)(H,17,18)(H,19,20). The lowest BCUT2D eigenvalue weighted by molar-refractivity contribution is -0.118. The highest BCUT2D eigenvalue weighted by Gasteiger charge is 2.15. The number of carbonyl (C=O) groups excluding carboxylic acids is 2. The van der Waals surface area contributed by atoms with Crippen molar-refractivity contribution in [1.82, 2.24) is 4.90 Å². The topological polar surface area (TPSA) is 150 Å². The van der Waals surface area contributed by atoms with E-state index in [4.69, 9.17) is 15.9 Å². The molecule has 5 N–H and O–H groups in total. The van der Waals surface area contributed by atoms with Gasteiger partial charge in [0.25, 0.3) is 0 Å². The minimum atomic E-state index is -1.33. The van der Waals surface area contributed by atoms with E-state index in [0.29, 0.717) is 0 Å². The Morgan fingerprint density at radius 1 is 1.10 bits per heavy atom. The van der Waals surface area contributed by atoms with Crippen LogP contribution in [0.3, 0.4) is 0 Å². The number of carbonyl (C=O) groups is 4. The normalized spacial score (nSPS) is 9.76. The number of hydrogen-bond donors (Lipinski definition) is 4. The van der Waals surface area contributed by atoms with E-state index >= 15 is 0 Å². The molecule has 0 saturated carbocycles. The molecule has 0 aromatic heterocycles. The molecule has 0 atom stereocenters. The number of nitrogens with two attached hydrogens (primary N) is 1. The van der Waals surface area contributed by atoms with Crippen molar-refractivity contribution in [2.24, 2.45) is 5.73 Å². The summed E-state index contributed by atoms with van der Waals surface area (Å²) in [4.78, 5) is 45.2. The average molecular weight is 295 g/mol. The summed E-state index contributed by atoms with van der Waals surface area (Å²) in [5.74, 6) is -3.39. The van der Waals surface area contributed by atoms with E-state index in [1.54, 1.807) is 0 Å². The van der Waals surface area contributed by atoms with Crippen LogP contribution >= 0.6 is 0 Å². The van der Waals surface area contributed by atoms with Crippen LogP contribution in [0.1, 0.15) is 20.7 Å². The van der Waals surface area contributed by atoms with Crippen molar-refractivity contribution in [2.75, 3.05) is 18.9 Å². The van der Waals surface area contributed by atoms with Gasteiger partial charge >= 0.3 is 18.0 Å². The molecule has 0 saturated heterocycles. The number of rotatable bonds is 5. The number of nitrogens with zero attached hydrogens (tertiary/aromatic N) is 1. The number of urea groups is 1. The smallest absolute Gasteiger partial charge is 0.335 e. The van der Waals surface area contributed by atoms with Crippen LogP contribution in [0.15, 0.2) is 18.2 Å². The molecule has 0 fully saturated rings. The molecule has 21 heavy (non-hydrogen) atoms. The highest BCUT2D eigenvalue weighted by Crippen LogP contribution is 2.16. The van der Waals surface area contributed by atoms with E-state index in [0.717, 1.165) is 23.1 Å². The molecule has 1 rings (SSSR count). The number of likely N-dealkylation sites (N-methyl/N-ethyl adjacent to an activating group) is 1. The van der Waals surface area contributed by atoms with E-state index in [2.05, 4.69) is 5.32 Å². The van der Waals surface area contributed by atoms with Gasteiger partial charge in [0.2, 0.25) is 5.91 Å². The molecule has 1 aromatic rings. The van der Waals surface area contributed by atoms with Gasteiger partial charge in [-0.1, -0.05) is 0 Å². The molecule has 0 aliphatic heterocycles. The van der Waals surface area contributed by atoms with Crippen molar-refractivity contribution in [3.63, 3.8) is 0 Å². The van der Waals surface area contributed by atoms with Crippen molar-refractivity contribution in [3.05, 3.63) is 29.3 Å². The summed E-state index contributed by atoms with van der Waals surface area (Å²) in [6, 6.07) is 2.44. The predicted octanol–water partition coefficient (Wildman–Crippen LogP) is 0.0320. The van der Waals surface area contributed by atoms with Gasteiger partial charge in [-0.25, -0.2) is 14.4 Å². The summed E-state index contributed by atoms with van der Waals surface area (Å²) in [6.45, 7) is -0.337. The van der Waals surface area contributed by atoms with Gasteiger partial charge in [0, 0.05) is 12.7 Å². The van der Waals surface area contributed by atoms with Crippen molar-refractivity contribution >= 4 is 29.6 Å². The van der Waals surface area contributed by atoms with Crippen LogP contribution in [-0.4, -0.2) is 52.6 Å². The van der Waals surface area contributed by atoms with Gasteiger partial charge in [0.1, 0.15) is 6.54 Å². The van der Waals surface area contributed by atoms with Crippen LogP contribution in [-0.2, 0) is 4.79 Å². The Morgan fingerprint density at radius 3 is 1.95 bits per heavy atom. The van der Waals surface area contributed by atoms with Crippen LogP contribution in [0, 0.1) is 0 Å².